The van der Waals surface area contributed by atoms with Crippen molar-refractivity contribution in [3.63, 3.8) is 0 Å². The van der Waals surface area contributed by atoms with Crippen LogP contribution in [-0.2, 0) is 0 Å². The van der Waals surface area contributed by atoms with E-state index in [0.717, 1.165) is 17.9 Å². The number of benzene rings is 1. The second kappa shape index (κ2) is 3.67. The highest BCUT2D eigenvalue weighted by molar-refractivity contribution is 5.47. The summed E-state index contributed by atoms with van der Waals surface area (Å²) in [5.41, 5.74) is 0.902. The molecule has 0 aliphatic carbocycles. The predicted molar refractivity (Wildman–Crippen MR) is 64.1 cm³/mol. The molecule has 16 heavy (non-hydrogen) atoms. The van der Waals surface area contributed by atoms with Crippen LogP contribution in [0.15, 0.2) is 18.2 Å². The second-order valence-corrected chi connectivity index (χ2v) is 5.24. The fraction of sp³-hybridized carbons (Fsp3) is 0.538. The molecule has 0 bridgehead atoms. The van der Waals surface area contributed by atoms with Crippen molar-refractivity contribution >= 4 is 0 Å². The van der Waals surface area contributed by atoms with Gasteiger partial charge < -0.3 is 14.7 Å². The molecular weight excluding hydrogens is 202 g/mol. The van der Waals surface area contributed by atoms with Gasteiger partial charge in [-0.3, -0.25) is 0 Å². The van der Waals surface area contributed by atoms with Gasteiger partial charge in [0.1, 0.15) is 17.1 Å². The van der Waals surface area contributed by atoms with Crippen molar-refractivity contribution in [2.24, 2.45) is 0 Å². The number of fused-ring (bicyclic) bond motifs is 1. The third-order valence-electron chi connectivity index (χ3n) is 3.13. The van der Waals surface area contributed by atoms with Gasteiger partial charge in [-0.1, -0.05) is 0 Å². The molecule has 0 unspecified atom stereocenters. The average Bonchev–Trinajstić information content (AvgIpc) is 2.38. The van der Waals surface area contributed by atoms with Crippen molar-refractivity contribution in [3.05, 3.63) is 23.8 Å². The molecule has 0 spiro atoms. The van der Waals surface area contributed by atoms with Crippen LogP contribution in [-0.4, -0.2) is 36.2 Å². The first kappa shape index (κ1) is 11.3. The summed E-state index contributed by atoms with van der Waals surface area (Å²) in [7, 11) is 4.10. The van der Waals surface area contributed by atoms with E-state index >= 15 is 0 Å². The molecule has 88 valence electrons. The molecule has 1 aliphatic heterocycles. The molecule has 0 fully saturated rings. The van der Waals surface area contributed by atoms with E-state index in [0.29, 0.717) is 11.7 Å². The Kier molecular flexibility index (Phi) is 2.58. The first-order valence-electron chi connectivity index (χ1n) is 5.57. The van der Waals surface area contributed by atoms with Crippen molar-refractivity contribution in [1.82, 2.24) is 4.90 Å². The lowest BCUT2D eigenvalue weighted by Gasteiger charge is -2.28. The van der Waals surface area contributed by atoms with Gasteiger partial charge in [0.05, 0.1) is 0 Å². The topological polar surface area (TPSA) is 32.7 Å². The summed E-state index contributed by atoms with van der Waals surface area (Å²) in [5, 5.41) is 9.55. The van der Waals surface area contributed by atoms with Crippen LogP contribution in [0.4, 0.5) is 0 Å². The molecule has 2 rings (SSSR count). The van der Waals surface area contributed by atoms with Crippen LogP contribution in [0.5, 0.6) is 11.5 Å². The van der Waals surface area contributed by atoms with Gasteiger partial charge in [0, 0.05) is 18.0 Å². The number of ether oxygens (including phenoxy) is 1. The van der Waals surface area contributed by atoms with Gasteiger partial charge in [-0.25, -0.2) is 0 Å². The van der Waals surface area contributed by atoms with E-state index in [9.17, 15) is 5.11 Å². The van der Waals surface area contributed by atoms with Crippen LogP contribution >= 0.6 is 0 Å². The zero-order valence-electron chi connectivity index (χ0n) is 10.3. The Bertz CT molecular complexity index is 399. The highest BCUT2D eigenvalue weighted by Gasteiger charge is 2.41. The van der Waals surface area contributed by atoms with Crippen molar-refractivity contribution in [2.75, 3.05) is 20.6 Å². The summed E-state index contributed by atoms with van der Waals surface area (Å²) in [6, 6.07) is 5.34. The van der Waals surface area contributed by atoms with Gasteiger partial charge in [-0.15, -0.1) is 0 Å². The Morgan fingerprint density at radius 2 is 2.06 bits per heavy atom. The number of phenols is 1. The number of rotatable bonds is 2. The predicted octanol–water partition coefficient (Wildman–Crippen LogP) is 2.21. The van der Waals surface area contributed by atoms with Crippen LogP contribution in [0.3, 0.4) is 0 Å². The Balaban J connectivity index is 2.39. The number of likely N-dealkylation sites (N-methyl/N-ethyl adjacent to an activating group) is 1. The Morgan fingerprint density at radius 3 is 2.69 bits per heavy atom. The maximum atomic E-state index is 9.55. The molecule has 1 atom stereocenters. The monoisotopic (exact) mass is 221 g/mol. The van der Waals surface area contributed by atoms with E-state index in [4.69, 9.17) is 4.74 Å². The highest BCUT2D eigenvalue weighted by Crippen LogP contribution is 2.45. The van der Waals surface area contributed by atoms with E-state index in [1.54, 1.807) is 6.07 Å². The molecule has 0 radical (unpaired) electrons. The van der Waals surface area contributed by atoms with E-state index in [2.05, 4.69) is 32.8 Å². The number of phenolic OH excluding ortho intramolecular Hbond substituents is 1. The molecule has 3 nitrogen and oxygen atoms in total. The molecule has 1 N–H and O–H groups in total. The van der Waals surface area contributed by atoms with Gasteiger partial charge in [0.2, 0.25) is 0 Å². The minimum atomic E-state index is -0.208. The summed E-state index contributed by atoms with van der Waals surface area (Å²) in [4.78, 5) is 2.15. The number of hydrogen-bond acceptors (Lipinski definition) is 3. The van der Waals surface area contributed by atoms with E-state index in [1.165, 1.54) is 0 Å². The van der Waals surface area contributed by atoms with E-state index in [-0.39, 0.29) is 5.60 Å². The first-order chi connectivity index (χ1) is 7.40. The molecule has 0 saturated heterocycles. The lowest BCUT2D eigenvalue weighted by Crippen LogP contribution is -2.36. The van der Waals surface area contributed by atoms with Crippen molar-refractivity contribution in [1.29, 1.82) is 0 Å². The van der Waals surface area contributed by atoms with Gasteiger partial charge in [-0.05, 0) is 46.1 Å². The summed E-state index contributed by atoms with van der Waals surface area (Å²) in [6.45, 7) is 5.11. The normalized spacial score (nSPS) is 21.9. The van der Waals surface area contributed by atoms with Gasteiger partial charge in [0.15, 0.2) is 0 Å². The molecule has 1 aliphatic rings. The molecule has 1 heterocycles. The Labute approximate surface area is 96.6 Å². The molecule has 0 aromatic heterocycles. The van der Waals surface area contributed by atoms with Gasteiger partial charge in [-0.2, -0.15) is 0 Å². The van der Waals surface area contributed by atoms with Crippen LogP contribution in [0.1, 0.15) is 25.3 Å². The quantitative estimate of drug-likeness (QED) is 0.831. The van der Waals surface area contributed by atoms with Gasteiger partial charge in [0.25, 0.3) is 0 Å². The lowest BCUT2D eigenvalue weighted by atomic mass is 9.86. The molecular formula is C13H19NO2. The fourth-order valence-electron chi connectivity index (χ4n) is 2.31. The third-order valence-corrected chi connectivity index (χ3v) is 3.13. The number of nitrogens with zero attached hydrogens (tertiary/aromatic N) is 1. The third kappa shape index (κ3) is 1.87. The van der Waals surface area contributed by atoms with E-state index in [1.807, 2.05) is 12.1 Å². The Morgan fingerprint density at radius 1 is 1.38 bits per heavy atom. The maximum absolute atomic E-state index is 9.55. The SMILES string of the molecule is CN(C)C[C@@H]1c2cc(O)ccc2OC1(C)C. The summed E-state index contributed by atoms with van der Waals surface area (Å²) in [5.74, 6) is 1.50. The number of aromatic hydroxyl groups is 1. The minimum absolute atomic E-state index is 0.208. The van der Waals surface area contributed by atoms with Crippen LogP contribution < -0.4 is 4.74 Å². The molecule has 3 heteroatoms. The van der Waals surface area contributed by atoms with Crippen LogP contribution in [0.25, 0.3) is 0 Å². The largest absolute Gasteiger partial charge is 0.508 e. The van der Waals surface area contributed by atoms with Crippen molar-refractivity contribution in [3.8, 4) is 11.5 Å². The number of hydrogen-bond donors (Lipinski definition) is 1. The first-order valence-corrected chi connectivity index (χ1v) is 5.57. The minimum Gasteiger partial charge on any atom is -0.508 e. The molecule has 1 aromatic rings. The summed E-state index contributed by atoms with van der Waals surface area (Å²) in [6.07, 6.45) is 0. The second-order valence-electron chi connectivity index (χ2n) is 5.24. The molecule has 0 amide bonds. The highest BCUT2D eigenvalue weighted by atomic mass is 16.5. The maximum Gasteiger partial charge on any atom is 0.124 e. The van der Waals surface area contributed by atoms with Crippen LogP contribution in [0, 0.1) is 0 Å². The zero-order valence-corrected chi connectivity index (χ0v) is 10.3. The standard InChI is InChI=1S/C13H19NO2/c1-13(2)11(8-14(3)4)10-7-9(15)5-6-12(10)16-13/h5-7,11,15H,8H2,1-4H3/t11-/m1/s1. The lowest BCUT2D eigenvalue weighted by molar-refractivity contribution is 0.0979. The summed E-state index contributed by atoms with van der Waals surface area (Å²) < 4.78 is 5.92. The fourth-order valence-corrected chi connectivity index (χ4v) is 2.31. The zero-order chi connectivity index (χ0) is 11.9. The van der Waals surface area contributed by atoms with Crippen LogP contribution in [0.2, 0.25) is 0 Å². The van der Waals surface area contributed by atoms with Crippen molar-refractivity contribution in [2.45, 2.75) is 25.4 Å². The smallest absolute Gasteiger partial charge is 0.124 e. The average molecular weight is 221 g/mol. The summed E-state index contributed by atoms with van der Waals surface area (Å²) >= 11 is 0. The van der Waals surface area contributed by atoms with Gasteiger partial charge >= 0.3 is 0 Å². The Hall–Kier alpha value is -1.22. The van der Waals surface area contributed by atoms with Crippen molar-refractivity contribution < 1.29 is 9.84 Å². The molecule has 1 aromatic carbocycles. The molecule has 0 saturated carbocycles. The van der Waals surface area contributed by atoms with E-state index < -0.39 is 0 Å².